The second kappa shape index (κ2) is 6.84. The molecule has 0 unspecified atom stereocenters. The summed E-state index contributed by atoms with van der Waals surface area (Å²) in [6.07, 6.45) is 0.742. The lowest BCUT2D eigenvalue weighted by Crippen LogP contribution is -2.41. The third-order valence-electron chi connectivity index (χ3n) is 4.30. The van der Waals surface area contributed by atoms with E-state index < -0.39 is 13.0 Å². The molecule has 2 rings (SSSR count). The lowest BCUT2D eigenvalue weighted by atomic mass is 9.77. The normalized spacial score (nSPS) is 18.6. The maximum Gasteiger partial charge on any atom is 0.494 e. The van der Waals surface area contributed by atoms with E-state index in [9.17, 15) is 4.79 Å². The van der Waals surface area contributed by atoms with Crippen molar-refractivity contribution in [2.24, 2.45) is 5.73 Å². The van der Waals surface area contributed by atoms with Gasteiger partial charge in [-0.1, -0.05) is 32.9 Å². The SMILES string of the molecule is CC.CCc1cc(B2OC(C)(C)C(C)(C)O2)ccc1C(N)=O. The van der Waals surface area contributed by atoms with E-state index in [-0.39, 0.29) is 11.2 Å². The number of amides is 1. The van der Waals surface area contributed by atoms with Crippen LogP contribution in [-0.2, 0) is 15.7 Å². The monoisotopic (exact) mass is 305 g/mol. The molecule has 4 nitrogen and oxygen atoms in total. The first kappa shape index (κ1) is 18.7. The summed E-state index contributed by atoms with van der Waals surface area (Å²) in [5, 5.41) is 0. The van der Waals surface area contributed by atoms with E-state index in [2.05, 4.69) is 0 Å². The first-order valence-corrected chi connectivity index (χ1v) is 7.96. The molecule has 0 aromatic heterocycles. The van der Waals surface area contributed by atoms with E-state index in [1.54, 1.807) is 6.07 Å². The molecule has 0 aliphatic carbocycles. The summed E-state index contributed by atoms with van der Waals surface area (Å²) < 4.78 is 12.0. The Morgan fingerprint density at radius 2 is 1.64 bits per heavy atom. The summed E-state index contributed by atoms with van der Waals surface area (Å²) in [6, 6.07) is 5.55. The average molecular weight is 305 g/mol. The van der Waals surface area contributed by atoms with E-state index in [4.69, 9.17) is 15.0 Å². The van der Waals surface area contributed by atoms with Crippen LogP contribution in [0.2, 0.25) is 0 Å². The van der Waals surface area contributed by atoms with Crippen molar-refractivity contribution in [3.63, 3.8) is 0 Å². The molecular weight excluding hydrogens is 277 g/mol. The Hall–Kier alpha value is -1.33. The largest absolute Gasteiger partial charge is 0.494 e. The molecule has 0 spiro atoms. The van der Waals surface area contributed by atoms with Crippen LogP contribution in [0.3, 0.4) is 0 Å². The van der Waals surface area contributed by atoms with E-state index in [1.807, 2.05) is 60.6 Å². The zero-order valence-electron chi connectivity index (χ0n) is 14.8. The van der Waals surface area contributed by atoms with Gasteiger partial charge in [-0.05, 0) is 51.2 Å². The smallest absolute Gasteiger partial charge is 0.399 e. The molecule has 0 atom stereocenters. The van der Waals surface area contributed by atoms with Gasteiger partial charge in [0.15, 0.2) is 0 Å². The summed E-state index contributed by atoms with van der Waals surface area (Å²) >= 11 is 0. The Bertz CT molecular complexity index is 525. The number of primary amides is 1. The number of hydrogen-bond donors (Lipinski definition) is 1. The van der Waals surface area contributed by atoms with Gasteiger partial charge in [0.2, 0.25) is 5.91 Å². The number of carbonyl (C=O) groups excluding carboxylic acids is 1. The molecule has 1 aromatic carbocycles. The Kier molecular flexibility index (Phi) is 5.82. The highest BCUT2D eigenvalue weighted by Gasteiger charge is 2.51. The van der Waals surface area contributed by atoms with Crippen molar-refractivity contribution in [3.05, 3.63) is 29.3 Å². The fraction of sp³-hybridized carbons (Fsp3) is 0.588. The summed E-state index contributed by atoms with van der Waals surface area (Å²) in [5.41, 5.74) is 7.05. The van der Waals surface area contributed by atoms with Gasteiger partial charge in [-0.25, -0.2) is 0 Å². The molecule has 1 aliphatic heterocycles. The summed E-state index contributed by atoms with van der Waals surface area (Å²) in [4.78, 5) is 11.4. The predicted molar refractivity (Wildman–Crippen MR) is 91.4 cm³/mol. The van der Waals surface area contributed by atoms with Gasteiger partial charge in [-0.3, -0.25) is 4.79 Å². The first-order valence-electron chi connectivity index (χ1n) is 7.96. The van der Waals surface area contributed by atoms with Crippen molar-refractivity contribution in [2.75, 3.05) is 0 Å². The van der Waals surface area contributed by atoms with Crippen LogP contribution in [0.15, 0.2) is 18.2 Å². The van der Waals surface area contributed by atoms with Gasteiger partial charge in [-0.2, -0.15) is 0 Å². The molecule has 1 aromatic rings. The minimum atomic E-state index is -0.410. The number of hydrogen-bond acceptors (Lipinski definition) is 3. The Morgan fingerprint density at radius 1 is 1.14 bits per heavy atom. The van der Waals surface area contributed by atoms with Crippen molar-refractivity contribution in [1.29, 1.82) is 0 Å². The fourth-order valence-electron chi connectivity index (χ4n) is 2.27. The zero-order valence-corrected chi connectivity index (χ0v) is 14.8. The van der Waals surface area contributed by atoms with Crippen LogP contribution in [0.4, 0.5) is 0 Å². The molecule has 5 heteroatoms. The fourth-order valence-corrected chi connectivity index (χ4v) is 2.27. The van der Waals surface area contributed by atoms with Crippen LogP contribution in [-0.4, -0.2) is 24.2 Å². The highest BCUT2D eigenvalue weighted by atomic mass is 16.7. The van der Waals surface area contributed by atoms with Gasteiger partial charge in [0.25, 0.3) is 0 Å². The second-order valence-electron chi connectivity index (χ2n) is 6.22. The molecule has 0 saturated carbocycles. The zero-order chi connectivity index (χ0) is 17.1. The van der Waals surface area contributed by atoms with Crippen LogP contribution < -0.4 is 11.2 Å². The van der Waals surface area contributed by atoms with Crippen LogP contribution in [0.1, 0.15) is 64.4 Å². The van der Waals surface area contributed by atoms with Gasteiger partial charge in [-0.15, -0.1) is 0 Å². The summed E-state index contributed by atoms with van der Waals surface area (Å²) in [5.74, 6) is -0.401. The molecule has 0 radical (unpaired) electrons. The van der Waals surface area contributed by atoms with Crippen LogP contribution in [0, 0.1) is 0 Å². The standard InChI is InChI=1S/C15H22BNO3.C2H6/c1-6-10-9-11(7-8-12(10)13(17)18)16-19-14(2,3)15(4,5)20-16;1-2/h7-9H,6H2,1-5H3,(H2,17,18);1-2H3. The summed E-state index contributed by atoms with van der Waals surface area (Å²) in [6.45, 7) is 14.1. The molecule has 1 heterocycles. The molecule has 1 saturated heterocycles. The van der Waals surface area contributed by atoms with Crippen molar-refractivity contribution >= 4 is 18.5 Å². The van der Waals surface area contributed by atoms with Crippen LogP contribution in [0.5, 0.6) is 0 Å². The van der Waals surface area contributed by atoms with Crippen LogP contribution in [0.25, 0.3) is 0 Å². The van der Waals surface area contributed by atoms with Gasteiger partial charge in [0.05, 0.1) is 11.2 Å². The number of benzene rings is 1. The third kappa shape index (κ3) is 3.53. The number of rotatable bonds is 3. The van der Waals surface area contributed by atoms with Gasteiger partial charge >= 0.3 is 7.12 Å². The highest BCUT2D eigenvalue weighted by Crippen LogP contribution is 2.36. The van der Waals surface area contributed by atoms with Crippen LogP contribution >= 0.6 is 0 Å². The Morgan fingerprint density at radius 3 is 2.05 bits per heavy atom. The lowest BCUT2D eigenvalue weighted by Gasteiger charge is -2.32. The Labute approximate surface area is 134 Å². The predicted octanol–water partition coefficient (Wildman–Crippen LogP) is 2.67. The van der Waals surface area contributed by atoms with Gasteiger partial charge < -0.3 is 15.0 Å². The molecular formula is C17H28BNO3. The molecule has 22 heavy (non-hydrogen) atoms. The topological polar surface area (TPSA) is 61.6 Å². The third-order valence-corrected chi connectivity index (χ3v) is 4.30. The summed E-state index contributed by atoms with van der Waals surface area (Å²) in [7, 11) is -0.410. The van der Waals surface area contributed by atoms with Crippen molar-refractivity contribution in [1.82, 2.24) is 0 Å². The highest BCUT2D eigenvalue weighted by molar-refractivity contribution is 6.62. The molecule has 2 N–H and O–H groups in total. The minimum Gasteiger partial charge on any atom is -0.399 e. The number of nitrogens with two attached hydrogens (primary N) is 1. The maximum absolute atomic E-state index is 11.4. The molecule has 122 valence electrons. The molecule has 0 bridgehead atoms. The second-order valence-corrected chi connectivity index (χ2v) is 6.22. The average Bonchev–Trinajstić information content (AvgIpc) is 2.68. The number of aryl methyl sites for hydroxylation is 1. The van der Waals surface area contributed by atoms with E-state index in [0.29, 0.717) is 5.56 Å². The van der Waals surface area contributed by atoms with E-state index in [0.717, 1.165) is 17.4 Å². The number of carbonyl (C=O) groups is 1. The Balaban J connectivity index is 0.00000116. The minimum absolute atomic E-state index is 0.369. The molecule has 1 amide bonds. The molecule has 1 fully saturated rings. The van der Waals surface area contributed by atoms with Crippen molar-refractivity contribution in [2.45, 2.75) is 66.1 Å². The quantitative estimate of drug-likeness (QED) is 0.873. The lowest BCUT2D eigenvalue weighted by molar-refractivity contribution is 0.00578. The van der Waals surface area contributed by atoms with Crippen molar-refractivity contribution < 1.29 is 14.1 Å². The van der Waals surface area contributed by atoms with Crippen molar-refractivity contribution in [3.8, 4) is 0 Å². The van der Waals surface area contributed by atoms with Gasteiger partial charge in [0, 0.05) is 5.56 Å². The van der Waals surface area contributed by atoms with Gasteiger partial charge in [0.1, 0.15) is 0 Å². The molecule has 1 aliphatic rings. The first-order chi connectivity index (χ1) is 10.2. The maximum atomic E-state index is 11.4. The van der Waals surface area contributed by atoms with E-state index >= 15 is 0 Å². The van der Waals surface area contributed by atoms with E-state index in [1.165, 1.54) is 0 Å².